The largest absolute Gasteiger partial charge is 0.472 e. The summed E-state index contributed by atoms with van der Waals surface area (Å²) in [5, 5.41) is 8.59. The van der Waals surface area contributed by atoms with Crippen molar-refractivity contribution >= 4 is 0 Å². The van der Waals surface area contributed by atoms with Crippen molar-refractivity contribution in [2.24, 2.45) is 0 Å². The predicted molar refractivity (Wildman–Crippen MR) is 49.3 cm³/mol. The van der Waals surface area contributed by atoms with Gasteiger partial charge in [-0.15, -0.1) is 0 Å². The molecule has 0 saturated heterocycles. The second-order valence-corrected chi connectivity index (χ2v) is 3.69. The van der Waals surface area contributed by atoms with Crippen LogP contribution in [0.1, 0.15) is 26.5 Å². The Bertz CT molecular complexity index is 334. The first-order chi connectivity index (χ1) is 6.01. The van der Waals surface area contributed by atoms with Crippen molar-refractivity contribution in [1.82, 2.24) is 4.98 Å². The van der Waals surface area contributed by atoms with Crippen molar-refractivity contribution in [3.8, 4) is 11.9 Å². The lowest BCUT2D eigenvalue weighted by Gasteiger charge is -2.19. The smallest absolute Gasteiger partial charge is 0.214 e. The molecule has 0 unspecified atom stereocenters. The molecule has 0 saturated carbocycles. The molecule has 1 heterocycles. The molecule has 68 valence electrons. The van der Waals surface area contributed by atoms with Gasteiger partial charge in [-0.1, -0.05) is 6.07 Å². The number of aromatic nitrogens is 1. The Morgan fingerprint density at radius 3 is 2.62 bits per heavy atom. The van der Waals surface area contributed by atoms with Crippen LogP contribution in [0.4, 0.5) is 0 Å². The average molecular weight is 176 g/mol. The molecule has 1 aromatic rings. The highest BCUT2D eigenvalue weighted by molar-refractivity contribution is 5.24. The first-order valence-electron chi connectivity index (χ1n) is 4.07. The molecule has 3 nitrogen and oxygen atoms in total. The third-order valence-electron chi connectivity index (χ3n) is 1.25. The lowest BCUT2D eigenvalue weighted by atomic mass is 10.2. The van der Waals surface area contributed by atoms with Gasteiger partial charge in [-0.05, 0) is 26.8 Å². The monoisotopic (exact) mass is 176 g/mol. The van der Waals surface area contributed by atoms with Crippen LogP contribution in [-0.4, -0.2) is 10.6 Å². The quantitative estimate of drug-likeness (QED) is 0.658. The fourth-order valence-electron chi connectivity index (χ4n) is 0.848. The summed E-state index contributed by atoms with van der Waals surface area (Å²) in [4.78, 5) is 3.99. The van der Waals surface area contributed by atoms with Crippen molar-refractivity contribution in [3.63, 3.8) is 0 Å². The Hall–Kier alpha value is -1.56. The Balaban J connectivity index is 2.86. The summed E-state index contributed by atoms with van der Waals surface area (Å²) in [5.74, 6) is 0.492. The highest BCUT2D eigenvalue weighted by atomic mass is 16.5. The maximum Gasteiger partial charge on any atom is 0.214 e. The van der Waals surface area contributed by atoms with E-state index in [0.29, 0.717) is 11.6 Å². The van der Waals surface area contributed by atoms with E-state index in [1.165, 1.54) is 0 Å². The second kappa shape index (κ2) is 3.44. The van der Waals surface area contributed by atoms with Crippen LogP contribution in [0.15, 0.2) is 18.2 Å². The van der Waals surface area contributed by atoms with Crippen LogP contribution in [0.25, 0.3) is 0 Å². The minimum Gasteiger partial charge on any atom is -0.472 e. The van der Waals surface area contributed by atoms with Crippen LogP contribution in [0, 0.1) is 11.3 Å². The maximum absolute atomic E-state index is 8.59. The summed E-state index contributed by atoms with van der Waals surface area (Å²) >= 11 is 0. The van der Waals surface area contributed by atoms with Crippen LogP contribution >= 0.6 is 0 Å². The van der Waals surface area contributed by atoms with Gasteiger partial charge in [0.1, 0.15) is 17.4 Å². The van der Waals surface area contributed by atoms with E-state index in [1.54, 1.807) is 18.2 Å². The van der Waals surface area contributed by atoms with E-state index < -0.39 is 0 Å². The third kappa shape index (κ3) is 3.12. The third-order valence-corrected chi connectivity index (χ3v) is 1.25. The molecule has 0 N–H and O–H groups in total. The summed E-state index contributed by atoms with van der Waals surface area (Å²) < 4.78 is 5.48. The predicted octanol–water partition coefficient (Wildman–Crippen LogP) is 2.13. The lowest BCUT2D eigenvalue weighted by Crippen LogP contribution is -2.23. The van der Waals surface area contributed by atoms with Gasteiger partial charge >= 0.3 is 0 Å². The molecule has 0 spiro atoms. The van der Waals surface area contributed by atoms with Gasteiger partial charge in [0.15, 0.2) is 0 Å². The highest BCUT2D eigenvalue weighted by Crippen LogP contribution is 2.14. The number of nitrogens with zero attached hydrogens (tertiary/aromatic N) is 2. The molecule has 0 aliphatic carbocycles. The molecule has 1 aromatic heterocycles. The van der Waals surface area contributed by atoms with E-state index in [9.17, 15) is 0 Å². The van der Waals surface area contributed by atoms with Crippen LogP contribution in [0.2, 0.25) is 0 Å². The SMILES string of the molecule is CC(C)(C)Oc1cccc(C#N)n1. The highest BCUT2D eigenvalue weighted by Gasteiger charge is 2.12. The van der Waals surface area contributed by atoms with Gasteiger partial charge in [0.25, 0.3) is 0 Å². The van der Waals surface area contributed by atoms with Crippen molar-refractivity contribution in [1.29, 1.82) is 5.26 Å². The van der Waals surface area contributed by atoms with Crippen molar-refractivity contribution < 1.29 is 4.74 Å². The van der Waals surface area contributed by atoms with Gasteiger partial charge in [-0.2, -0.15) is 5.26 Å². The molecular formula is C10H12N2O. The number of pyridine rings is 1. The minimum atomic E-state index is -0.277. The van der Waals surface area contributed by atoms with E-state index in [-0.39, 0.29) is 5.60 Å². The summed E-state index contributed by atoms with van der Waals surface area (Å²) in [6, 6.07) is 7.11. The topological polar surface area (TPSA) is 45.9 Å². The maximum atomic E-state index is 8.59. The Kier molecular flexibility index (Phi) is 2.52. The molecule has 1 rings (SSSR count). The number of hydrogen-bond donors (Lipinski definition) is 0. The molecule has 0 amide bonds. The van der Waals surface area contributed by atoms with Crippen LogP contribution in [-0.2, 0) is 0 Å². The van der Waals surface area contributed by atoms with Gasteiger partial charge in [-0.25, -0.2) is 4.98 Å². The lowest BCUT2D eigenvalue weighted by molar-refractivity contribution is 0.124. The number of rotatable bonds is 1. The summed E-state index contributed by atoms with van der Waals surface area (Å²) in [6.07, 6.45) is 0. The minimum absolute atomic E-state index is 0.277. The molecule has 0 aliphatic rings. The number of ether oxygens (including phenoxy) is 1. The zero-order valence-electron chi connectivity index (χ0n) is 8.03. The Labute approximate surface area is 78.0 Å². The summed E-state index contributed by atoms with van der Waals surface area (Å²) in [5.41, 5.74) is 0.0999. The van der Waals surface area contributed by atoms with E-state index >= 15 is 0 Å². The summed E-state index contributed by atoms with van der Waals surface area (Å²) in [6.45, 7) is 5.81. The van der Waals surface area contributed by atoms with Gasteiger partial charge in [0, 0.05) is 6.07 Å². The molecule has 0 bridgehead atoms. The van der Waals surface area contributed by atoms with Crippen LogP contribution in [0.3, 0.4) is 0 Å². The van der Waals surface area contributed by atoms with E-state index in [2.05, 4.69) is 4.98 Å². The fourth-order valence-corrected chi connectivity index (χ4v) is 0.848. The number of hydrogen-bond acceptors (Lipinski definition) is 3. The van der Waals surface area contributed by atoms with Crippen molar-refractivity contribution in [2.45, 2.75) is 26.4 Å². The molecule has 0 aliphatic heterocycles. The van der Waals surface area contributed by atoms with E-state index in [1.807, 2.05) is 26.8 Å². The van der Waals surface area contributed by atoms with Crippen LogP contribution in [0.5, 0.6) is 5.88 Å². The average Bonchev–Trinajstić information content (AvgIpc) is 2.01. The fraction of sp³-hybridized carbons (Fsp3) is 0.400. The van der Waals surface area contributed by atoms with E-state index in [0.717, 1.165) is 0 Å². The molecular weight excluding hydrogens is 164 g/mol. The Morgan fingerprint density at radius 2 is 2.08 bits per heavy atom. The van der Waals surface area contributed by atoms with Crippen molar-refractivity contribution in [3.05, 3.63) is 23.9 Å². The Morgan fingerprint density at radius 1 is 1.38 bits per heavy atom. The van der Waals surface area contributed by atoms with Crippen LogP contribution < -0.4 is 4.74 Å². The van der Waals surface area contributed by atoms with Gasteiger partial charge in [0.2, 0.25) is 5.88 Å². The van der Waals surface area contributed by atoms with Gasteiger partial charge in [-0.3, -0.25) is 0 Å². The standard InChI is InChI=1S/C10H12N2O/c1-10(2,3)13-9-6-4-5-8(7-11)12-9/h4-6H,1-3H3. The zero-order chi connectivity index (χ0) is 9.90. The zero-order valence-corrected chi connectivity index (χ0v) is 8.03. The molecule has 0 aromatic carbocycles. The first-order valence-corrected chi connectivity index (χ1v) is 4.07. The van der Waals surface area contributed by atoms with Gasteiger partial charge < -0.3 is 4.74 Å². The first kappa shape index (κ1) is 9.53. The normalized spacial score (nSPS) is 10.6. The summed E-state index contributed by atoms with van der Waals surface area (Å²) in [7, 11) is 0. The second-order valence-electron chi connectivity index (χ2n) is 3.69. The van der Waals surface area contributed by atoms with E-state index in [4.69, 9.17) is 10.00 Å². The molecule has 0 atom stereocenters. The molecule has 0 fully saturated rings. The number of nitriles is 1. The molecule has 13 heavy (non-hydrogen) atoms. The van der Waals surface area contributed by atoms with Crippen molar-refractivity contribution in [2.75, 3.05) is 0 Å². The van der Waals surface area contributed by atoms with Gasteiger partial charge in [0.05, 0.1) is 0 Å². The molecule has 3 heteroatoms. The molecule has 0 radical (unpaired) electrons.